The predicted octanol–water partition coefficient (Wildman–Crippen LogP) is 6.00. The zero-order chi connectivity index (χ0) is 25.8. The molecule has 1 saturated heterocycles. The molecule has 0 aromatic heterocycles. The molecule has 0 atom stereocenters. The monoisotopic (exact) mass is 652 g/mol. The number of carbonyl (C=O) groups is 2. The summed E-state index contributed by atoms with van der Waals surface area (Å²) in [4.78, 5) is 29.6. The molecule has 0 spiro atoms. The topological polar surface area (TPSA) is 64.7 Å². The number of aryl methyl sites for hydroxylation is 1. The SMILES string of the molecule is Cc1ccc(C(=O)N2CCN(c3c(Cl)cccc3NC(=S)NC(=O)c3cc(I)ccc3Cl)CC2)cc1. The fourth-order valence-electron chi connectivity index (χ4n) is 3.94. The van der Waals surface area contributed by atoms with Crippen LogP contribution in [0.25, 0.3) is 0 Å². The highest BCUT2D eigenvalue weighted by Gasteiger charge is 2.25. The number of carbonyl (C=O) groups excluding carboxylic acids is 2. The average molecular weight is 653 g/mol. The van der Waals surface area contributed by atoms with Crippen LogP contribution in [0.3, 0.4) is 0 Å². The quantitative estimate of drug-likeness (QED) is 0.268. The van der Waals surface area contributed by atoms with E-state index in [-0.39, 0.29) is 11.0 Å². The summed E-state index contributed by atoms with van der Waals surface area (Å²) >= 11 is 20.3. The van der Waals surface area contributed by atoms with E-state index in [2.05, 4.69) is 38.1 Å². The zero-order valence-electron chi connectivity index (χ0n) is 19.4. The molecule has 186 valence electrons. The normalized spacial score (nSPS) is 13.3. The van der Waals surface area contributed by atoms with Crippen molar-refractivity contribution >= 4 is 86.3 Å². The minimum atomic E-state index is -0.400. The third-order valence-corrected chi connectivity index (χ3v) is 7.33. The summed E-state index contributed by atoms with van der Waals surface area (Å²) in [6.07, 6.45) is 0. The van der Waals surface area contributed by atoms with E-state index in [4.69, 9.17) is 35.4 Å². The van der Waals surface area contributed by atoms with E-state index in [1.54, 1.807) is 18.2 Å². The fraction of sp³-hybridized carbons (Fsp3) is 0.192. The second kappa shape index (κ2) is 11.8. The predicted molar refractivity (Wildman–Crippen MR) is 159 cm³/mol. The Hall–Kier alpha value is -2.40. The average Bonchev–Trinajstić information content (AvgIpc) is 2.86. The summed E-state index contributed by atoms with van der Waals surface area (Å²) in [5.41, 5.74) is 3.58. The van der Waals surface area contributed by atoms with Crippen LogP contribution in [0.15, 0.2) is 60.7 Å². The summed E-state index contributed by atoms with van der Waals surface area (Å²) in [6, 6.07) is 18.3. The molecular formula is C26H23Cl2IN4O2S. The number of halogens is 3. The van der Waals surface area contributed by atoms with Crippen molar-refractivity contribution in [1.29, 1.82) is 0 Å². The van der Waals surface area contributed by atoms with Crippen LogP contribution in [0.5, 0.6) is 0 Å². The summed E-state index contributed by atoms with van der Waals surface area (Å²) in [7, 11) is 0. The Labute approximate surface area is 239 Å². The summed E-state index contributed by atoms with van der Waals surface area (Å²) < 4.78 is 0.887. The Morgan fingerprint density at radius 1 is 0.944 bits per heavy atom. The first-order valence-corrected chi connectivity index (χ1v) is 13.4. The molecule has 4 rings (SSSR count). The van der Waals surface area contributed by atoms with E-state index in [1.165, 1.54) is 0 Å². The molecule has 0 unspecified atom stereocenters. The summed E-state index contributed by atoms with van der Waals surface area (Å²) in [5.74, 6) is -0.381. The lowest BCUT2D eigenvalue weighted by Gasteiger charge is -2.37. The van der Waals surface area contributed by atoms with Gasteiger partial charge >= 0.3 is 0 Å². The molecule has 6 nitrogen and oxygen atoms in total. The number of piperazine rings is 1. The van der Waals surface area contributed by atoms with Gasteiger partial charge in [0.15, 0.2) is 5.11 Å². The first-order chi connectivity index (χ1) is 17.2. The van der Waals surface area contributed by atoms with Crippen molar-refractivity contribution < 1.29 is 9.59 Å². The van der Waals surface area contributed by atoms with Crippen molar-refractivity contribution in [2.45, 2.75) is 6.92 Å². The van der Waals surface area contributed by atoms with Gasteiger partial charge in [-0.1, -0.05) is 47.0 Å². The second-order valence-electron chi connectivity index (χ2n) is 8.31. The molecule has 1 heterocycles. The van der Waals surface area contributed by atoms with Gasteiger partial charge in [-0.05, 0) is 84.2 Å². The van der Waals surface area contributed by atoms with Gasteiger partial charge in [0.25, 0.3) is 11.8 Å². The number of amides is 2. The molecule has 2 N–H and O–H groups in total. The standard InChI is InChI=1S/C26H23Cl2IN4O2S/c1-16-5-7-17(8-6-16)25(35)33-13-11-32(12-14-33)23-21(28)3-2-4-22(23)30-26(36)31-24(34)19-15-18(29)9-10-20(19)27/h2-10,15H,11-14H2,1H3,(H2,30,31,34,36). The maximum atomic E-state index is 12.9. The zero-order valence-corrected chi connectivity index (χ0v) is 23.8. The van der Waals surface area contributed by atoms with Crippen molar-refractivity contribution in [2.75, 3.05) is 36.4 Å². The van der Waals surface area contributed by atoms with Crippen LogP contribution < -0.4 is 15.5 Å². The van der Waals surface area contributed by atoms with E-state index in [0.29, 0.717) is 53.0 Å². The van der Waals surface area contributed by atoms with Gasteiger partial charge in [0.05, 0.1) is 27.0 Å². The van der Waals surface area contributed by atoms with Gasteiger partial charge < -0.3 is 15.1 Å². The van der Waals surface area contributed by atoms with Crippen LogP contribution in [-0.2, 0) is 0 Å². The molecule has 36 heavy (non-hydrogen) atoms. The van der Waals surface area contributed by atoms with Crippen LogP contribution in [-0.4, -0.2) is 48.0 Å². The number of benzene rings is 3. The highest BCUT2D eigenvalue weighted by molar-refractivity contribution is 14.1. The summed E-state index contributed by atoms with van der Waals surface area (Å²) in [6.45, 7) is 4.32. The van der Waals surface area contributed by atoms with Crippen LogP contribution in [0.4, 0.5) is 11.4 Å². The molecule has 0 radical (unpaired) electrons. The van der Waals surface area contributed by atoms with Gasteiger partial charge in [0.2, 0.25) is 0 Å². The highest BCUT2D eigenvalue weighted by Crippen LogP contribution is 2.34. The lowest BCUT2D eigenvalue weighted by atomic mass is 10.1. The lowest BCUT2D eigenvalue weighted by molar-refractivity contribution is 0.0746. The molecule has 3 aromatic carbocycles. The van der Waals surface area contributed by atoms with Crippen LogP contribution in [0.2, 0.25) is 10.0 Å². The Morgan fingerprint density at radius 2 is 1.64 bits per heavy atom. The Bertz CT molecular complexity index is 1310. The van der Waals surface area contributed by atoms with E-state index in [9.17, 15) is 9.59 Å². The van der Waals surface area contributed by atoms with Gasteiger partial charge in [-0.25, -0.2) is 0 Å². The molecule has 1 aliphatic heterocycles. The number of hydrogen-bond donors (Lipinski definition) is 2. The smallest absolute Gasteiger partial charge is 0.258 e. The molecule has 0 aliphatic carbocycles. The van der Waals surface area contributed by atoms with Gasteiger partial charge in [0, 0.05) is 35.3 Å². The van der Waals surface area contributed by atoms with Crippen molar-refractivity contribution in [2.24, 2.45) is 0 Å². The van der Waals surface area contributed by atoms with Crippen molar-refractivity contribution in [3.05, 3.63) is 91.0 Å². The minimum absolute atomic E-state index is 0.0188. The molecule has 0 bridgehead atoms. The van der Waals surface area contributed by atoms with E-state index < -0.39 is 5.91 Å². The molecule has 1 fully saturated rings. The van der Waals surface area contributed by atoms with Crippen molar-refractivity contribution in [1.82, 2.24) is 10.2 Å². The maximum Gasteiger partial charge on any atom is 0.258 e. The largest absolute Gasteiger partial charge is 0.365 e. The van der Waals surface area contributed by atoms with E-state index >= 15 is 0 Å². The van der Waals surface area contributed by atoms with Crippen LogP contribution >= 0.6 is 58.0 Å². The van der Waals surface area contributed by atoms with Gasteiger partial charge in [0.1, 0.15) is 0 Å². The molecular weight excluding hydrogens is 630 g/mol. The first-order valence-electron chi connectivity index (χ1n) is 11.2. The maximum absolute atomic E-state index is 12.9. The van der Waals surface area contributed by atoms with Gasteiger partial charge in [-0.15, -0.1) is 0 Å². The molecule has 10 heteroatoms. The van der Waals surface area contributed by atoms with Crippen LogP contribution in [0, 0.1) is 10.5 Å². The Kier molecular flexibility index (Phi) is 8.71. The first kappa shape index (κ1) is 26.7. The lowest BCUT2D eigenvalue weighted by Crippen LogP contribution is -2.49. The van der Waals surface area contributed by atoms with Crippen molar-refractivity contribution in [3.8, 4) is 0 Å². The van der Waals surface area contributed by atoms with Gasteiger partial charge in [-0.3, -0.25) is 14.9 Å². The molecule has 2 amide bonds. The number of thiocarbonyl (C=S) groups is 1. The summed E-state index contributed by atoms with van der Waals surface area (Å²) in [5, 5.41) is 6.81. The number of rotatable bonds is 4. The van der Waals surface area contributed by atoms with Crippen LogP contribution in [0.1, 0.15) is 26.3 Å². The number of nitrogens with one attached hydrogen (secondary N) is 2. The molecule has 0 saturated carbocycles. The molecule has 1 aliphatic rings. The highest BCUT2D eigenvalue weighted by atomic mass is 127. The third kappa shape index (κ3) is 6.29. The number of nitrogens with zero attached hydrogens (tertiary/aromatic N) is 2. The Morgan fingerprint density at radius 3 is 2.33 bits per heavy atom. The molecule has 3 aromatic rings. The number of anilines is 2. The second-order valence-corrected chi connectivity index (χ2v) is 10.8. The fourth-order valence-corrected chi connectivity index (χ4v) is 5.14. The number of hydrogen-bond acceptors (Lipinski definition) is 4. The van der Waals surface area contributed by atoms with Crippen molar-refractivity contribution in [3.63, 3.8) is 0 Å². The van der Waals surface area contributed by atoms with Gasteiger partial charge in [-0.2, -0.15) is 0 Å². The third-order valence-electron chi connectivity index (χ3n) is 5.82. The minimum Gasteiger partial charge on any atom is -0.365 e. The van der Waals surface area contributed by atoms with E-state index in [0.717, 1.165) is 14.8 Å². The number of para-hydroxylation sites is 1. The Balaban J connectivity index is 1.43. The van der Waals surface area contributed by atoms with E-state index in [1.807, 2.05) is 54.3 Å².